The third-order valence-electron chi connectivity index (χ3n) is 2.00. The number of fused-ring (bicyclic) bond motifs is 1. The van der Waals surface area contributed by atoms with E-state index in [1.54, 1.807) is 6.08 Å². The fraction of sp³-hybridized carbons (Fsp3) is 0.750. The first kappa shape index (κ1) is 7.28. The summed E-state index contributed by atoms with van der Waals surface area (Å²) in [4.78, 5) is 0. The first-order valence-corrected chi connectivity index (χ1v) is 3.80. The first-order chi connectivity index (χ1) is 5.08. The number of rotatable bonds is 0. The molecule has 0 spiro atoms. The summed E-state index contributed by atoms with van der Waals surface area (Å²) in [6.07, 6.45) is 2.82. The van der Waals surface area contributed by atoms with Crippen LogP contribution in [-0.2, 0) is 9.47 Å². The summed E-state index contributed by atoms with van der Waals surface area (Å²) in [5.74, 6) is -0.541. The van der Waals surface area contributed by atoms with Gasteiger partial charge in [0.2, 0.25) is 0 Å². The molecule has 0 aromatic rings. The van der Waals surface area contributed by atoms with Gasteiger partial charge < -0.3 is 14.6 Å². The Morgan fingerprint density at radius 2 is 2.00 bits per heavy atom. The van der Waals surface area contributed by atoms with E-state index >= 15 is 0 Å². The molecule has 2 rings (SSSR count). The topological polar surface area (TPSA) is 38.7 Å². The van der Waals surface area contributed by atoms with E-state index in [1.807, 2.05) is 19.9 Å². The van der Waals surface area contributed by atoms with Gasteiger partial charge in [-0.15, -0.1) is 0 Å². The van der Waals surface area contributed by atoms with Crippen molar-refractivity contribution in [1.82, 2.24) is 0 Å². The number of hydrogen-bond donors (Lipinski definition) is 1. The molecule has 0 saturated carbocycles. The maximum atomic E-state index is 9.34. The lowest BCUT2D eigenvalue weighted by atomic mass is 10.2. The van der Waals surface area contributed by atoms with E-state index in [0.717, 1.165) is 0 Å². The molecule has 1 N–H and O–H groups in total. The monoisotopic (exact) mass is 156 g/mol. The molecule has 3 nitrogen and oxygen atoms in total. The van der Waals surface area contributed by atoms with Crippen LogP contribution in [0, 0.1) is 0 Å². The summed E-state index contributed by atoms with van der Waals surface area (Å²) >= 11 is 0. The van der Waals surface area contributed by atoms with Crippen LogP contribution in [0.4, 0.5) is 0 Å². The van der Waals surface area contributed by atoms with Crippen molar-refractivity contribution in [3.63, 3.8) is 0 Å². The molecular formula is C8H12O3. The largest absolute Gasteiger partial charge is 0.386 e. The van der Waals surface area contributed by atoms with Crippen molar-refractivity contribution in [2.24, 2.45) is 0 Å². The van der Waals surface area contributed by atoms with Gasteiger partial charge in [-0.25, -0.2) is 0 Å². The zero-order valence-corrected chi connectivity index (χ0v) is 6.65. The highest BCUT2D eigenvalue weighted by molar-refractivity contribution is 5.13. The van der Waals surface area contributed by atoms with Crippen molar-refractivity contribution >= 4 is 0 Å². The third-order valence-corrected chi connectivity index (χ3v) is 2.00. The summed E-state index contributed by atoms with van der Waals surface area (Å²) in [6.45, 7) is 3.71. The molecule has 11 heavy (non-hydrogen) atoms. The van der Waals surface area contributed by atoms with Gasteiger partial charge in [-0.1, -0.05) is 12.2 Å². The van der Waals surface area contributed by atoms with E-state index in [-0.39, 0.29) is 12.2 Å². The molecule has 0 bridgehead atoms. The molecular weight excluding hydrogens is 144 g/mol. The van der Waals surface area contributed by atoms with Gasteiger partial charge in [0, 0.05) is 0 Å². The lowest BCUT2D eigenvalue weighted by Gasteiger charge is -2.18. The maximum absolute atomic E-state index is 9.34. The van der Waals surface area contributed by atoms with Gasteiger partial charge in [0.25, 0.3) is 0 Å². The van der Waals surface area contributed by atoms with Crippen LogP contribution in [0.5, 0.6) is 0 Å². The molecule has 1 fully saturated rings. The van der Waals surface area contributed by atoms with Crippen LogP contribution in [0.3, 0.4) is 0 Å². The van der Waals surface area contributed by atoms with E-state index in [4.69, 9.17) is 9.47 Å². The SMILES string of the molecule is CC1(C)OC2C=C[C@H](O)[C@H]2O1. The molecule has 1 unspecified atom stereocenters. The Kier molecular flexibility index (Phi) is 1.36. The molecule has 0 amide bonds. The van der Waals surface area contributed by atoms with Crippen molar-refractivity contribution in [2.75, 3.05) is 0 Å². The first-order valence-electron chi connectivity index (χ1n) is 3.80. The lowest BCUT2D eigenvalue weighted by molar-refractivity contribution is -0.152. The van der Waals surface area contributed by atoms with E-state index in [1.165, 1.54) is 0 Å². The van der Waals surface area contributed by atoms with Crippen LogP contribution < -0.4 is 0 Å². The molecule has 1 aliphatic heterocycles. The van der Waals surface area contributed by atoms with Crippen molar-refractivity contribution < 1.29 is 14.6 Å². The molecule has 1 heterocycles. The second-order valence-electron chi connectivity index (χ2n) is 3.44. The van der Waals surface area contributed by atoms with Crippen LogP contribution in [0.25, 0.3) is 0 Å². The minimum Gasteiger partial charge on any atom is -0.386 e. The van der Waals surface area contributed by atoms with E-state index in [9.17, 15) is 5.11 Å². The predicted octanol–water partition coefficient (Wildman–Crippen LogP) is 0.437. The van der Waals surface area contributed by atoms with Crippen molar-refractivity contribution in [2.45, 2.75) is 37.9 Å². The smallest absolute Gasteiger partial charge is 0.164 e. The Balaban J connectivity index is 2.15. The molecule has 0 aromatic heterocycles. The van der Waals surface area contributed by atoms with Gasteiger partial charge >= 0.3 is 0 Å². The Hall–Kier alpha value is -0.380. The number of aliphatic hydroxyl groups excluding tert-OH is 1. The van der Waals surface area contributed by atoms with E-state index in [2.05, 4.69) is 0 Å². The van der Waals surface area contributed by atoms with Crippen LogP contribution in [-0.4, -0.2) is 29.2 Å². The minimum absolute atomic E-state index is 0.0556. The average Bonchev–Trinajstić information content (AvgIpc) is 2.31. The van der Waals surface area contributed by atoms with Gasteiger partial charge in [0.1, 0.15) is 18.3 Å². The highest BCUT2D eigenvalue weighted by atomic mass is 16.8. The molecule has 62 valence electrons. The van der Waals surface area contributed by atoms with E-state index < -0.39 is 11.9 Å². The maximum Gasteiger partial charge on any atom is 0.164 e. The van der Waals surface area contributed by atoms with Crippen molar-refractivity contribution in [1.29, 1.82) is 0 Å². The molecule has 0 radical (unpaired) electrons. The summed E-state index contributed by atoms with van der Waals surface area (Å²) in [6, 6.07) is 0. The Labute approximate surface area is 65.6 Å². The fourth-order valence-corrected chi connectivity index (χ4v) is 1.56. The molecule has 1 aliphatic carbocycles. The fourth-order valence-electron chi connectivity index (χ4n) is 1.56. The van der Waals surface area contributed by atoms with Crippen LogP contribution >= 0.6 is 0 Å². The zero-order valence-electron chi connectivity index (χ0n) is 6.65. The van der Waals surface area contributed by atoms with Gasteiger partial charge in [-0.2, -0.15) is 0 Å². The minimum atomic E-state index is -0.541. The van der Waals surface area contributed by atoms with Gasteiger partial charge in [-0.3, -0.25) is 0 Å². The van der Waals surface area contributed by atoms with Crippen LogP contribution in [0.2, 0.25) is 0 Å². The number of ether oxygens (including phenoxy) is 2. The Bertz CT molecular complexity index is 198. The summed E-state index contributed by atoms with van der Waals surface area (Å²) in [7, 11) is 0. The van der Waals surface area contributed by atoms with Gasteiger partial charge in [0.05, 0.1) is 0 Å². The quantitative estimate of drug-likeness (QED) is 0.517. The second kappa shape index (κ2) is 2.06. The lowest BCUT2D eigenvalue weighted by Crippen LogP contribution is -2.28. The second-order valence-corrected chi connectivity index (χ2v) is 3.44. The summed E-state index contributed by atoms with van der Waals surface area (Å²) < 4.78 is 10.9. The Morgan fingerprint density at radius 3 is 2.64 bits per heavy atom. The van der Waals surface area contributed by atoms with Crippen molar-refractivity contribution in [3.8, 4) is 0 Å². The predicted molar refractivity (Wildman–Crippen MR) is 39.0 cm³/mol. The molecule has 3 heteroatoms. The molecule has 2 aliphatic rings. The third kappa shape index (κ3) is 1.09. The van der Waals surface area contributed by atoms with Gasteiger partial charge in [-0.05, 0) is 13.8 Å². The van der Waals surface area contributed by atoms with Crippen LogP contribution in [0.1, 0.15) is 13.8 Å². The van der Waals surface area contributed by atoms with Crippen molar-refractivity contribution in [3.05, 3.63) is 12.2 Å². The number of aliphatic hydroxyl groups is 1. The number of hydrogen-bond acceptors (Lipinski definition) is 3. The average molecular weight is 156 g/mol. The standard InChI is InChI=1S/C8H12O3/c1-8(2)10-6-4-3-5(9)7(6)11-8/h3-7,9H,1-2H3/t5-,6?,7+/m0/s1. The highest BCUT2D eigenvalue weighted by Gasteiger charge is 2.45. The normalized spacial score (nSPS) is 46.3. The molecule has 3 atom stereocenters. The van der Waals surface area contributed by atoms with Gasteiger partial charge in [0.15, 0.2) is 5.79 Å². The summed E-state index contributed by atoms with van der Waals surface area (Å²) in [5, 5.41) is 9.34. The summed E-state index contributed by atoms with van der Waals surface area (Å²) in [5.41, 5.74) is 0. The zero-order chi connectivity index (χ0) is 8.06. The highest BCUT2D eigenvalue weighted by Crippen LogP contribution is 2.34. The van der Waals surface area contributed by atoms with E-state index in [0.29, 0.717) is 0 Å². The Morgan fingerprint density at radius 1 is 1.27 bits per heavy atom. The van der Waals surface area contributed by atoms with Crippen LogP contribution in [0.15, 0.2) is 12.2 Å². The molecule has 0 aromatic carbocycles. The molecule has 1 saturated heterocycles.